The van der Waals surface area contributed by atoms with Crippen LogP contribution in [0.3, 0.4) is 0 Å². The Balaban J connectivity index is 2.00. The highest BCUT2D eigenvalue weighted by Gasteiger charge is 2.13. The molecule has 0 amide bonds. The van der Waals surface area contributed by atoms with Crippen LogP contribution in [0.2, 0.25) is 0 Å². The molecule has 0 aliphatic rings. The van der Waals surface area contributed by atoms with Crippen molar-refractivity contribution in [2.75, 3.05) is 33.3 Å². The molecule has 27 heavy (non-hydrogen) atoms. The van der Waals surface area contributed by atoms with Crippen LogP contribution in [-0.4, -0.2) is 33.0 Å². The Hall–Kier alpha value is -2.93. The highest BCUT2D eigenvalue weighted by atomic mass is 32.1. The summed E-state index contributed by atoms with van der Waals surface area (Å²) in [7, 11) is 4.74. The quantitative estimate of drug-likeness (QED) is 0.501. The molecule has 0 saturated heterocycles. The predicted octanol–water partition coefficient (Wildman–Crippen LogP) is 3.76. The molecule has 144 valence electrons. The van der Waals surface area contributed by atoms with Gasteiger partial charge in [0.15, 0.2) is 16.6 Å². The Bertz CT molecular complexity index is 770. The molecule has 0 radical (unpaired) electrons. The van der Waals surface area contributed by atoms with Crippen LogP contribution in [0, 0.1) is 0 Å². The summed E-state index contributed by atoms with van der Waals surface area (Å²) in [5.74, 6) is 2.49. The van der Waals surface area contributed by atoms with E-state index in [2.05, 4.69) is 17.2 Å². The molecule has 6 nitrogen and oxygen atoms in total. The second-order valence-electron chi connectivity index (χ2n) is 5.47. The molecule has 0 unspecified atom stereocenters. The van der Waals surface area contributed by atoms with Crippen molar-refractivity contribution in [3.8, 4) is 23.0 Å². The molecule has 2 aromatic carbocycles. The van der Waals surface area contributed by atoms with Gasteiger partial charge in [0.25, 0.3) is 0 Å². The van der Waals surface area contributed by atoms with Crippen LogP contribution in [-0.2, 0) is 6.54 Å². The van der Waals surface area contributed by atoms with Gasteiger partial charge >= 0.3 is 0 Å². The molecule has 7 heteroatoms. The lowest BCUT2D eigenvalue weighted by atomic mass is 10.2. The van der Waals surface area contributed by atoms with Crippen LogP contribution >= 0.6 is 12.2 Å². The third kappa shape index (κ3) is 5.79. The number of thiocarbonyl (C=S) groups is 1. The number of hydrogen-bond acceptors (Lipinski definition) is 5. The molecule has 2 rings (SSSR count). The molecule has 0 atom stereocenters. The fraction of sp³-hybridized carbons (Fsp3) is 0.250. The molecule has 0 spiro atoms. The fourth-order valence-electron chi connectivity index (χ4n) is 2.41. The van der Waals surface area contributed by atoms with Crippen LogP contribution in [0.25, 0.3) is 0 Å². The molecular weight excluding hydrogens is 364 g/mol. The number of hydrogen-bond donors (Lipinski definition) is 2. The summed E-state index contributed by atoms with van der Waals surface area (Å²) in [6.07, 6.45) is 1.70. The van der Waals surface area contributed by atoms with Gasteiger partial charge < -0.3 is 29.6 Å². The lowest BCUT2D eigenvalue weighted by molar-refractivity contribution is 0.323. The first kappa shape index (κ1) is 20.4. The normalized spacial score (nSPS) is 9.89. The van der Waals surface area contributed by atoms with Crippen molar-refractivity contribution in [2.45, 2.75) is 6.54 Å². The van der Waals surface area contributed by atoms with Crippen molar-refractivity contribution < 1.29 is 18.9 Å². The van der Waals surface area contributed by atoms with Gasteiger partial charge in [0.1, 0.15) is 12.4 Å². The minimum absolute atomic E-state index is 0.452. The van der Waals surface area contributed by atoms with Gasteiger partial charge in [-0.25, -0.2) is 0 Å². The van der Waals surface area contributed by atoms with Crippen LogP contribution in [0.5, 0.6) is 23.0 Å². The van der Waals surface area contributed by atoms with Crippen LogP contribution in [0.4, 0.5) is 5.69 Å². The van der Waals surface area contributed by atoms with Gasteiger partial charge in [-0.2, -0.15) is 0 Å². The largest absolute Gasteiger partial charge is 0.493 e. The number of nitrogens with one attached hydrogen (secondary N) is 2. The average Bonchev–Trinajstić information content (AvgIpc) is 2.70. The maximum atomic E-state index is 5.52. The highest BCUT2D eigenvalue weighted by molar-refractivity contribution is 7.80. The lowest BCUT2D eigenvalue weighted by Crippen LogP contribution is -2.27. The second-order valence-corrected chi connectivity index (χ2v) is 5.88. The number of ether oxygens (including phenoxy) is 4. The zero-order valence-corrected chi connectivity index (χ0v) is 16.5. The first-order valence-corrected chi connectivity index (χ1v) is 8.69. The zero-order chi connectivity index (χ0) is 19.6. The summed E-state index contributed by atoms with van der Waals surface area (Å²) in [6, 6.07) is 11.3. The Labute approximate surface area is 165 Å². The summed E-state index contributed by atoms with van der Waals surface area (Å²) in [4.78, 5) is 0. The third-order valence-corrected chi connectivity index (χ3v) is 3.88. The van der Waals surface area contributed by atoms with Crippen molar-refractivity contribution in [2.24, 2.45) is 0 Å². The van der Waals surface area contributed by atoms with Crippen LogP contribution in [0.15, 0.2) is 49.1 Å². The minimum atomic E-state index is 0.452. The van der Waals surface area contributed by atoms with Crippen molar-refractivity contribution in [1.82, 2.24) is 5.32 Å². The number of anilines is 1. The molecule has 0 aliphatic carbocycles. The Morgan fingerprint density at radius 2 is 1.78 bits per heavy atom. The van der Waals surface area contributed by atoms with Gasteiger partial charge in [-0.15, -0.1) is 0 Å². The first-order valence-electron chi connectivity index (χ1n) is 8.28. The average molecular weight is 388 g/mol. The summed E-state index contributed by atoms with van der Waals surface area (Å²) in [5.41, 5.74) is 1.77. The van der Waals surface area contributed by atoms with E-state index in [9.17, 15) is 0 Å². The SMILES string of the molecule is C=CCOc1cccc(NC(=S)NCc2cc(OC)c(OC)c(OC)c2)c1. The summed E-state index contributed by atoms with van der Waals surface area (Å²) in [6.45, 7) is 4.58. The van der Waals surface area contributed by atoms with Gasteiger partial charge in [0.2, 0.25) is 5.75 Å². The van der Waals surface area contributed by atoms with Gasteiger partial charge in [-0.3, -0.25) is 0 Å². The van der Waals surface area contributed by atoms with Gasteiger partial charge in [0.05, 0.1) is 21.3 Å². The number of benzene rings is 2. The molecule has 0 aliphatic heterocycles. The van der Waals surface area contributed by atoms with Gasteiger partial charge in [0, 0.05) is 18.3 Å². The van der Waals surface area contributed by atoms with Crippen LogP contribution < -0.4 is 29.6 Å². The first-order chi connectivity index (χ1) is 13.1. The molecule has 0 bridgehead atoms. The van der Waals surface area contributed by atoms with Crippen LogP contribution in [0.1, 0.15) is 5.56 Å². The van der Waals surface area contributed by atoms with Gasteiger partial charge in [-0.1, -0.05) is 18.7 Å². The molecule has 0 heterocycles. The zero-order valence-electron chi connectivity index (χ0n) is 15.7. The van der Waals surface area contributed by atoms with E-state index in [1.807, 2.05) is 36.4 Å². The molecule has 0 aromatic heterocycles. The summed E-state index contributed by atoms with van der Waals surface area (Å²) >= 11 is 5.37. The molecule has 0 fully saturated rings. The maximum absolute atomic E-state index is 5.52. The summed E-state index contributed by atoms with van der Waals surface area (Å²) in [5, 5.41) is 6.79. The van der Waals surface area contributed by atoms with E-state index in [4.69, 9.17) is 31.2 Å². The molecule has 2 aromatic rings. The maximum Gasteiger partial charge on any atom is 0.203 e. The van der Waals surface area contributed by atoms with E-state index >= 15 is 0 Å². The smallest absolute Gasteiger partial charge is 0.203 e. The van der Waals surface area contributed by atoms with E-state index in [1.54, 1.807) is 27.4 Å². The van der Waals surface area contributed by atoms with E-state index in [-0.39, 0.29) is 0 Å². The van der Waals surface area contributed by atoms with E-state index in [1.165, 1.54) is 0 Å². The fourth-order valence-corrected chi connectivity index (χ4v) is 2.60. The Morgan fingerprint density at radius 1 is 1.07 bits per heavy atom. The van der Waals surface area contributed by atoms with Crippen molar-refractivity contribution in [1.29, 1.82) is 0 Å². The number of methoxy groups -OCH3 is 3. The highest BCUT2D eigenvalue weighted by Crippen LogP contribution is 2.38. The van der Waals surface area contributed by atoms with E-state index in [0.29, 0.717) is 35.5 Å². The lowest BCUT2D eigenvalue weighted by Gasteiger charge is -2.15. The minimum Gasteiger partial charge on any atom is -0.493 e. The van der Waals surface area contributed by atoms with Crippen molar-refractivity contribution in [3.05, 3.63) is 54.6 Å². The van der Waals surface area contributed by atoms with Gasteiger partial charge in [-0.05, 0) is 42.0 Å². The van der Waals surface area contributed by atoms with Crippen molar-refractivity contribution in [3.63, 3.8) is 0 Å². The predicted molar refractivity (Wildman–Crippen MR) is 111 cm³/mol. The Kier molecular flexibility index (Phi) is 7.76. The second kappa shape index (κ2) is 10.3. The standard InChI is InChI=1S/C20H24N2O4S/c1-5-9-26-16-8-6-7-15(12-16)22-20(27)21-13-14-10-17(23-2)19(25-4)18(11-14)24-3/h5-8,10-12H,1,9,13H2,2-4H3,(H2,21,22,27). The topological polar surface area (TPSA) is 61.0 Å². The number of rotatable bonds is 9. The van der Waals surface area contributed by atoms with Crippen molar-refractivity contribution >= 4 is 23.0 Å². The summed E-state index contributed by atoms with van der Waals surface area (Å²) < 4.78 is 21.6. The Morgan fingerprint density at radius 3 is 2.37 bits per heavy atom. The third-order valence-electron chi connectivity index (χ3n) is 3.64. The molecule has 2 N–H and O–H groups in total. The monoisotopic (exact) mass is 388 g/mol. The van der Waals surface area contributed by atoms with E-state index < -0.39 is 0 Å². The van der Waals surface area contributed by atoms with E-state index in [0.717, 1.165) is 17.0 Å². The molecule has 0 saturated carbocycles. The molecular formula is C20H24N2O4S.